The number of ether oxygens (including phenoxy) is 2. The Labute approximate surface area is 144 Å². The summed E-state index contributed by atoms with van der Waals surface area (Å²) in [6.07, 6.45) is -7.43. The lowest BCUT2D eigenvalue weighted by Gasteiger charge is -2.42. The van der Waals surface area contributed by atoms with Gasteiger partial charge < -0.3 is 35.0 Å². The van der Waals surface area contributed by atoms with E-state index in [2.05, 4.69) is 0 Å². The Morgan fingerprint density at radius 1 is 1.20 bits per heavy atom. The molecule has 1 saturated heterocycles. The molecule has 1 fully saturated rings. The Morgan fingerprint density at radius 3 is 2.60 bits per heavy atom. The van der Waals surface area contributed by atoms with E-state index in [0.29, 0.717) is 5.56 Å². The fourth-order valence-corrected chi connectivity index (χ4v) is 3.44. The third kappa shape index (κ3) is 3.17. The van der Waals surface area contributed by atoms with Crippen LogP contribution >= 0.6 is 0 Å². The number of carbonyl (C=O) groups excluding carboxylic acids is 1. The van der Waals surface area contributed by atoms with Crippen LogP contribution in [0.25, 0.3) is 0 Å². The van der Waals surface area contributed by atoms with Crippen LogP contribution in [0.2, 0.25) is 0 Å². The summed E-state index contributed by atoms with van der Waals surface area (Å²) < 4.78 is 11.2. The first kappa shape index (κ1) is 18.2. The minimum atomic E-state index is -1.54. The van der Waals surface area contributed by atoms with E-state index in [1.54, 1.807) is 19.1 Å². The van der Waals surface area contributed by atoms with E-state index >= 15 is 0 Å². The molecule has 0 saturated carbocycles. The van der Waals surface area contributed by atoms with Gasteiger partial charge in [0.2, 0.25) is 0 Å². The number of hydrogen-bond acceptors (Lipinski definition) is 8. The molecule has 8 heteroatoms. The van der Waals surface area contributed by atoms with Gasteiger partial charge in [-0.1, -0.05) is 19.1 Å². The predicted molar refractivity (Wildman–Crippen MR) is 83.8 cm³/mol. The van der Waals surface area contributed by atoms with Gasteiger partial charge in [0.25, 0.3) is 0 Å². The van der Waals surface area contributed by atoms with E-state index in [4.69, 9.17) is 9.47 Å². The van der Waals surface area contributed by atoms with Crippen LogP contribution in [0.5, 0.6) is 5.75 Å². The maximum Gasteiger partial charge on any atom is 0.187 e. The van der Waals surface area contributed by atoms with E-state index in [9.17, 15) is 30.3 Å². The second kappa shape index (κ2) is 6.99. The van der Waals surface area contributed by atoms with E-state index < -0.39 is 43.4 Å². The van der Waals surface area contributed by atoms with Crippen molar-refractivity contribution in [1.82, 2.24) is 0 Å². The highest BCUT2D eigenvalue weighted by Crippen LogP contribution is 2.41. The SMILES string of the molecule is CC1CC(=O)c2c(O)cccc2C1OC1OC(CO)C(O)C(O)C1O. The molecule has 0 radical (unpaired) electrons. The van der Waals surface area contributed by atoms with Gasteiger partial charge in [-0.05, 0) is 17.5 Å². The average molecular weight is 354 g/mol. The normalized spacial score (nSPS) is 38.4. The van der Waals surface area contributed by atoms with Crippen molar-refractivity contribution in [3.63, 3.8) is 0 Å². The Bertz CT molecular complexity index is 646. The fourth-order valence-electron chi connectivity index (χ4n) is 3.44. The molecular weight excluding hydrogens is 332 g/mol. The standard InChI is InChI=1S/C17H22O8/c1-7-5-10(20)12-8(3-2-4-9(12)19)16(7)25-17-15(23)14(22)13(21)11(6-18)24-17/h2-4,7,11,13-19,21-23H,5-6H2,1H3. The van der Waals surface area contributed by atoms with E-state index in [0.717, 1.165) is 0 Å². The number of hydrogen-bond donors (Lipinski definition) is 5. The molecule has 1 aromatic rings. The topological polar surface area (TPSA) is 137 Å². The molecular formula is C17H22O8. The largest absolute Gasteiger partial charge is 0.507 e. The minimum Gasteiger partial charge on any atom is -0.507 e. The maximum atomic E-state index is 12.2. The highest BCUT2D eigenvalue weighted by Gasteiger charge is 2.46. The van der Waals surface area contributed by atoms with Crippen LogP contribution in [0.3, 0.4) is 0 Å². The summed E-state index contributed by atoms with van der Waals surface area (Å²) in [6, 6.07) is 4.65. The van der Waals surface area contributed by atoms with Gasteiger partial charge in [0.15, 0.2) is 12.1 Å². The summed E-state index contributed by atoms with van der Waals surface area (Å²) in [5, 5.41) is 49.1. The van der Waals surface area contributed by atoms with Crippen molar-refractivity contribution in [2.75, 3.05) is 6.61 Å². The van der Waals surface area contributed by atoms with Crippen molar-refractivity contribution in [1.29, 1.82) is 0 Å². The van der Waals surface area contributed by atoms with Crippen molar-refractivity contribution in [2.45, 2.75) is 50.2 Å². The molecule has 1 aliphatic heterocycles. The zero-order valence-electron chi connectivity index (χ0n) is 13.6. The molecule has 8 nitrogen and oxygen atoms in total. The number of rotatable bonds is 3. The Balaban J connectivity index is 1.88. The van der Waals surface area contributed by atoms with Gasteiger partial charge in [0.1, 0.15) is 30.2 Å². The molecule has 3 rings (SSSR count). The number of aliphatic hydroxyl groups is 4. The smallest absolute Gasteiger partial charge is 0.187 e. The summed E-state index contributed by atoms with van der Waals surface area (Å²) in [7, 11) is 0. The summed E-state index contributed by atoms with van der Waals surface area (Å²) in [4.78, 5) is 12.2. The lowest BCUT2D eigenvalue weighted by molar-refractivity contribution is -0.316. The zero-order valence-corrected chi connectivity index (χ0v) is 13.6. The first-order chi connectivity index (χ1) is 11.8. The second-order valence-corrected chi connectivity index (χ2v) is 6.60. The number of aromatic hydroxyl groups is 1. The second-order valence-electron chi connectivity index (χ2n) is 6.60. The highest BCUT2D eigenvalue weighted by atomic mass is 16.7. The van der Waals surface area contributed by atoms with E-state index in [1.165, 1.54) is 6.07 Å². The molecule has 0 amide bonds. The third-order valence-corrected chi connectivity index (χ3v) is 4.81. The van der Waals surface area contributed by atoms with Gasteiger partial charge in [0, 0.05) is 6.42 Å². The summed E-state index contributed by atoms with van der Waals surface area (Å²) in [6.45, 7) is 1.24. The lowest BCUT2D eigenvalue weighted by atomic mass is 9.81. The Kier molecular flexibility index (Phi) is 5.10. The number of ketones is 1. The van der Waals surface area contributed by atoms with E-state index in [-0.39, 0.29) is 29.4 Å². The third-order valence-electron chi connectivity index (χ3n) is 4.81. The molecule has 7 unspecified atom stereocenters. The Morgan fingerprint density at radius 2 is 1.92 bits per heavy atom. The number of phenols is 1. The highest BCUT2D eigenvalue weighted by molar-refractivity contribution is 6.01. The van der Waals surface area contributed by atoms with Gasteiger partial charge in [-0.3, -0.25) is 4.79 Å². The van der Waals surface area contributed by atoms with Crippen LogP contribution in [0.4, 0.5) is 0 Å². The molecule has 0 spiro atoms. The van der Waals surface area contributed by atoms with Crippen LogP contribution in [0, 0.1) is 5.92 Å². The predicted octanol–water partition coefficient (Wildman–Crippen LogP) is -0.528. The summed E-state index contributed by atoms with van der Waals surface area (Å²) in [5.41, 5.74) is 0.649. The van der Waals surface area contributed by atoms with Crippen molar-refractivity contribution in [2.24, 2.45) is 5.92 Å². The van der Waals surface area contributed by atoms with Crippen molar-refractivity contribution in [3.8, 4) is 5.75 Å². The molecule has 138 valence electrons. The minimum absolute atomic E-state index is 0.142. The molecule has 1 aliphatic carbocycles. The van der Waals surface area contributed by atoms with Crippen molar-refractivity contribution < 1.29 is 39.8 Å². The maximum absolute atomic E-state index is 12.2. The van der Waals surface area contributed by atoms with E-state index in [1.807, 2.05) is 0 Å². The first-order valence-corrected chi connectivity index (χ1v) is 8.16. The number of phenolic OH excluding ortho intramolecular Hbond substituents is 1. The molecule has 0 bridgehead atoms. The first-order valence-electron chi connectivity index (χ1n) is 8.16. The summed E-state index contributed by atoms with van der Waals surface area (Å²) >= 11 is 0. The van der Waals surface area contributed by atoms with Gasteiger partial charge in [0.05, 0.1) is 18.3 Å². The molecule has 25 heavy (non-hydrogen) atoms. The van der Waals surface area contributed by atoms with Crippen LogP contribution in [0.15, 0.2) is 18.2 Å². The molecule has 7 atom stereocenters. The molecule has 1 aromatic carbocycles. The fraction of sp³-hybridized carbons (Fsp3) is 0.588. The molecule has 5 N–H and O–H groups in total. The van der Waals surface area contributed by atoms with Crippen molar-refractivity contribution in [3.05, 3.63) is 29.3 Å². The van der Waals surface area contributed by atoms with Crippen LogP contribution in [-0.2, 0) is 9.47 Å². The monoisotopic (exact) mass is 354 g/mol. The number of Topliss-reactive ketones (excluding diaryl/α,β-unsaturated/α-hetero) is 1. The van der Waals surface area contributed by atoms with Crippen LogP contribution in [0.1, 0.15) is 35.4 Å². The van der Waals surface area contributed by atoms with Gasteiger partial charge in [-0.25, -0.2) is 0 Å². The average Bonchev–Trinajstić information content (AvgIpc) is 2.58. The lowest BCUT2D eigenvalue weighted by Crippen LogP contribution is -2.59. The van der Waals surface area contributed by atoms with Crippen molar-refractivity contribution >= 4 is 5.78 Å². The number of fused-ring (bicyclic) bond motifs is 1. The number of carbonyl (C=O) groups is 1. The van der Waals surface area contributed by atoms with Crippen LogP contribution < -0.4 is 0 Å². The molecule has 1 heterocycles. The number of aliphatic hydroxyl groups excluding tert-OH is 4. The zero-order chi connectivity index (χ0) is 18.3. The molecule has 0 aromatic heterocycles. The Hall–Kier alpha value is -1.55. The van der Waals surface area contributed by atoms with Gasteiger partial charge >= 0.3 is 0 Å². The summed E-state index contributed by atoms with van der Waals surface area (Å²) in [5.74, 6) is -0.597. The molecule has 2 aliphatic rings. The van der Waals surface area contributed by atoms with Gasteiger partial charge in [-0.2, -0.15) is 0 Å². The quantitative estimate of drug-likeness (QED) is 0.489. The van der Waals surface area contributed by atoms with Gasteiger partial charge in [-0.15, -0.1) is 0 Å². The van der Waals surface area contributed by atoms with Crippen LogP contribution in [-0.4, -0.2) is 68.6 Å². The number of benzene rings is 1.